The van der Waals surface area contributed by atoms with E-state index in [4.69, 9.17) is 16.9 Å². The van der Waals surface area contributed by atoms with E-state index in [1.165, 1.54) is 0 Å². The number of nitriles is 1. The molecule has 0 N–H and O–H groups in total. The molecule has 0 spiro atoms. The summed E-state index contributed by atoms with van der Waals surface area (Å²) in [6.45, 7) is 0. The van der Waals surface area contributed by atoms with E-state index in [0.717, 1.165) is 19.3 Å². The molecule has 0 atom stereocenters. The summed E-state index contributed by atoms with van der Waals surface area (Å²) < 4.78 is 0. The number of halogens is 1. The summed E-state index contributed by atoms with van der Waals surface area (Å²) in [5.41, 5.74) is 0.551. The summed E-state index contributed by atoms with van der Waals surface area (Å²) in [6.07, 6.45) is 10.7. The second kappa shape index (κ2) is 4.79. The highest BCUT2D eigenvalue weighted by molar-refractivity contribution is 6.32. The number of hydrogen-bond acceptors (Lipinski definition) is 1. The van der Waals surface area contributed by atoms with Gasteiger partial charge in [0.25, 0.3) is 0 Å². The SMILES string of the molecule is N#CC1=C/C=C\CCC/C=C\1Cl. The Morgan fingerprint density at radius 2 is 2.25 bits per heavy atom. The van der Waals surface area contributed by atoms with Gasteiger partial charge in [0.15, 0.2) is 0 Å². The third-order valence-corrected chi connectivity index (χ3v) is 2.03. The lowest BCUT2D eigenvalue weighted by molar-refractivity contribution is 0.868. The van der Waals surface area contributed by atoms with Crippen LogP contribution in [0.5, 0.6) is 0 Å². The zero-order valence-electron chi connectivity index (χ0n) is 6.76. The van der Waals surface area contributed by atoms with Crippen LogP contribution in [0.4, 0.5) is 0 Å². The summed E-state index contributed by atoms with van der Waals surface area (Å²) in [5.74, 6) is 0. The van der Waals surface area contributed by atoms with Gasteiger partial charge in [-0.25, -0.2) is 0 Å². The number of nitrogens with zero attached hydrogens (tertiary/aromatic N) is 1. The Morgan fingerprint density at radius 1 is 1.42 bits per heavy atom. The van der Waals surface area contributed by atoms with Crippen LogP contribution in [0.15, 0.2) is 34.9 Å². The van der Waals surface area contributed by atoms with Crippen molar-refractivity contribution in [3.8, 4) is 6.07 Å². The molecule has 1 nitrogen and oxygen atoms in total. The van der Waals surface area contributed by atoms with E-state index in [2.05, 4.69) is 12.1 Å². The van der Waals surface area contributed by atoms with E-state index in [0.29, 0.717) is 10.6 Å². The Hall–Kier alpha value is -1.00. The van der Waals surface area contributed by atoms with Crippen molar-refractivity contribution in [1.29, 1.82) is 5.26 Å². The van der Waals surface area contributed by atoms with Crippen LogP contribution in [0, 0.1) is 11.3 Å². The van der Waals surface area contributed by atoms with Gasteiger partial charge < -0.3 is 0 Å². The van der Waals surface area contributed by atoms with E-state index in [1.807, 2.05) is 12.2 Å². The summed E-state index contributed by atoms with van der Waals surface area (Å²) in [6, 6.07) is 2.06. The van der Waals surface area contributed by atoms with Gasteiger partial charge in [0.2, 0.25) is 0 Å². The minimum atomic E-state index is 0.551. The van der Waals surface area contributed by atoms with Gasteiger partial charge in [-0.15, -0.1) is 0 Å². The van der Waals surface area contributed by atoms with Gasteiger partial charge in [0.05, 0.1) is 10.6 Å². The predicted molar refractivity (Wildman–Crippen MR) is 50.6 cm³/mol. The molecule has 0 saturated heterocycles. The highest BCUT2D eigenvalue weighted by atomic mass is 35.5. The Kier molecular flexibility index (Phi) is 3.63. The fraction of sp³-hybridized carbons (Fsp3) is 0.300. The van der Waals surface area contributed by atoms with Gasteiger partial charge in [-0.05, 0) is 25.3 Å². The molecule has 0 heterocycles. The zero-order chi connectivity index (χ0) is 8.81. The maximum atomic E-state index is 8.69. The van der Waals surface area contributed by atoms with E-state index in [1.54, 1.807) is 6.08 Å². The fourth-order valence-electron chi connectivity index (χ4n) is 1.01. The molecular formula is C10H10ClN. The standard InChI is InChI=1S/C10H10ClN/c11-10-7-5-3-1-2-4-6-9(10)8-12/h2,4,6-7H,1,3,5H2/b4-2-,9-6-,10-7+. The lowest BCUT2D eigenvalue weighted by atomic mass is 10.2. The highest BCUT2D eigenvalue weighted by Gasteiger charge is 1.99. The van der Waals surface area contributed by atoms with Crippen LogP contribution in [0.25, 0.3) is 0 Å². The van der Waals surface area contributed by atoms with Gasteiger partial charge in [-0.3, -0.25) is 0 Å². The van der Waals surface area contributed by atoms with Gasteiger partial charge >= 0.3 is 0 Å². The van der Waals surface area contributed by atoms with Crippen molar-refractivity contribution < 1.29 is 0 Å². The topological polar surface area (TPSA) is 23.8 Å². The summed E-state index contributed by atoms with van der Waals surface area (Å²) in [5, 5.41) is 9.27. The molecule has 0 unspecified atom stereocenters. The second-order valence-electron chi connectivity index (χ2n) is 2.60. The van der Waals surface area contributed by atoms with Crippen molar-refractivity contribution in [2.75, 3.05) is 0 Å². The summed E-state index contributed by atoms with van der Waals surface area (Å²) >= 11 is 5.87. The van der Waals surface area contributed by atoms with Crippen LogP contribution >= 0.6 is 11.6 Å². The third-order valence-electron chi connectivity index (χ3n) is 1.68. The van der Waals surface area contributed by atoms with Gasteiger partial charge in [0.1, 0.15) is 6.07 Å². The number of allylic oxidation sites excluding steroid dienone is 6. The third kappa shape index (κ3) is 2.56. The first-order chi connectivity index (χ1) is 5.84. The molecule has 62 valence electrons. The van der Waals surface area contributed by atoms with Gasteiger partial charge in [-0.2, -0.15) is 5.26 Å². The van der Waals surface area contributed by atoms with Gasteiger partial charge in [0, 0.05) is 0 Å². The molecule has 2 heteroatoms. The Balaban J connectivity index is 2.89. The fourth-order valence-corrected chi connectivity index (χ4v) is 1.22. The first kappa shape index (κ1) is 9.09. The first-order valence-corrected chi connectivity index (χ1v) is 4.35. The van der Waals surface area contributed by atoms with Crippen molar-refractivity contribution in [1.82, 2.24) is 0 Å². The van der Waals surface area contributed by atoms with E-state index in [-0.39, 0.29) is 0 Å². The summed E-state index contributed by atoms with van der Waals surface area (Å²) in [4.78, 5) is 0. The summed E-state index contributed by atoms with van der Waals surface area (Å²) in [7, 11) is 0. The Morgan fingerprint density at radius 3 is 3.00 bits per heavy atom. The van der Waals surface area contributed by atoms with Crippen molar-refractivity contribution in [2.45, 2.75) is 19.3 Å². The monoisotopic (exact) mass is 179 g/mol. The smallest absolute Gasteiger partial charge is 0.101 e. The normalized spacial score (nSPS) is 29.3. The van der Waals surface area contributed by atoms with Crippen molar-refractivity contribution in [3.63, 3.8) is 0 Å². The molecule has 0 aromatic carbocycles. The van der Waals surface area contributed by atoms with Crippen LogP contribution in [0.2, 0.25) is 0 Å². The Bertz CT molecular complexity index is 279. The quantitative estimate of drug-likeness (QED) is 0.560. The average Bonchev–Trinajstić information content (AvgIpc) is 2.17. The zero-order valence-corrected chi connectivity index (χ0v) is 7.51. The molecule has 0 saturated carbocycles. The lowest BCUT2D eigenvalue weighted by Crippen LogP contribution is -1.77. The van der Waals surface area contributed by atoms with Crippen LogP contribution in [0.3, 0.4) is 0 Å². The van der Waals surface area contributed by atoms with Crippen LogP contribution < -0.4 is 0 Å². The molecule has 12 heavy (non-hydrogen) atoms. The largest absolute Gasteiger partial charge is 0.192 e. The number of hydrogen-bond donors (Lipinski definition) is 0. The predicted octanol–water partition coefficient (Wildman–Crippen LogP) is 3.30. The minimum absolute atomic E-state index is 0.551. The molecule has 0 amide bonds. The van der Waals surface area contributed by atoms with Crippen molar-refractivity contribution in [2.24, 2.45) is 0 Å². The molecule has 0 aromatic heterocycles. The number of rotatable bonds is 0. The Labute approximate surface area is 77.6 Å². The molecule has 0 fully saturated rings. The molecule has 0 aliphatic heterocycles. The van der Waals surface area contributed by atoms with E-state index < -0.39 is 0 Å². The molecule has 0 bridgehead atoms. The van der Waals surface area contributed by atoms with Crippen LogP contribution in [-0.2, 0) is 0 Å². The van der Waals surface area contributed by atoms with Crippen LogP contribution in [0.1, 0.15) is 19.3 Å². The lowest BCUT2D eigenvalue weighted by Gasteiger charge is -1.92. The van der Waals surface area contributed by atoms with E-state index >= 15 is 0 Å². The molecule has 1 aliphatic carbocycles. The maximum Gasteiger partial charge on any atom is 0.101 e. The first-order valence-electron chi connectivity index (χ1n) is 3.97. The molecule has 1 aliphatic rings. The minimum Gasteiger partial charge on any atom is -0.192 e. The highest BCUT2D eigenvalue weighted by Crippen LogP contribution is 2.17. The molecule has 0 radical (unpaired) electrons. The van der Waals surface area contributed by atoms with Gasteiger partial charge in [-0.1, -0.05) is 29.8 Å². The molecule has 0 aromatic rings. The molecule has 1 rings (SSSR count). The van der Waals surface area contributed by atoms with Crippen molar-refractivity contribution in [3.05, 3.63) is 34.9 Å². The van der Waals surface area contributed by atoms with Crippen molar-refractivity contribution >= 4 is 11.6 Å². The second-order valence-corrected chi connectivity index (χ2v) is 3.01. The van der Waals surface area contributed by atoms with Crippen LogP contribution in [-0.4, -0.2) is 0 Å². The molecular weight excluding hydrogens is 170 g/mol. The maximum absolute atomic E-state index is 8.69. The average molecular weight is 180 g/mol. The van der Waals surface area contributed by atoms with E-state index in [9.17, 15) is 0 Å².